The Morgan fingerprint density at radius 1 is 1.38 bits per heavy atom. The highest BCUT2D eigenvalue weighted by Gasteiger charge is 2.40. The molecule has 1 aliphatic rings. The highest BCUT2D eigenvalue weighted by molar-refractivity contribution is 5.97. The molecular formula is C16H19N3O5. The van der Waals surface area contributed by atoms with Crippen LogP contribution in [0.4, 0.5) is 0 Å². The minimum Gasteiger partial charge on any atom is -0.481 e. The fourth-order valence-electron chi connectivity index (χ4n) is 2.94. The highest BCUT2D eigenvalue weighted by Crippen LogP contribution is 2.30. The van der Waals surface area contributed by atoms with E-state index < -0.39 is 11.4 Å². The fourth-order valence-corrected chi connectivity index (χ4v) is 2.94. The fraction of sp³-hybridized carbons (Fsp3) is 0.438. The van der Waals surface area contributed by atoms with Gasteiger partial charge in [-0.15, -0.1) is 0 Å². The summed E-state index contributed by atoms with van der Waals surface area (Å²) in [6.45, 7) is 0.799. The summed E-state index contributed by atoms with van der Waals surface area (Å²) >= 11 is 0. The summed E-state index contributed by atoms with van der Waals surface area (Å²) in [5.41, 5.74) is 0.398. The van der Waals surface area contributed by atoms with Crippen LogP contribution in [-0.2, 0) is 16.6 Å². The van der Waals surface area contributed by atoms with E-state index in [0.717, 1.165) is 0 Å². The molecule has 2 heterocycles. The predicted molar refractivity (Wildman–Crippen MR) is 86.0 cm³/mol. The number of hydrogen-bond donors (Lipinski definition) is 3. The van der Waals surface area contributed by atoms with E-state index in [4.69, 9.17) is 4.74 Å². The van der Waals surface area contributed by atoms with Crippen molar-refractivity contribution < 1.29 is 19.4 Å². The second-order valence-electron chi connectivity index (χ2n) is 6.10. The van der Waals surface area contributed by atoms with Crippen molar-refractivity contribution in [3.05, 3.63) is 34.2 Å². The summed E-state index contributed by atoms with van der Waals surface area (Å²) in [7, 11) is 1.62. The minimum atomic E-state index is -0.987. The summed E-state index contributed by atoms with van der Waals surface area (Å²) in [6, 6.07) is 4.87. The zero-order chi connectivity index (χ0) is 17.3. The Kier molecular flexibility index (Phi) is 4.15. The van der Waals surface area contributed by atoms with Crippen LogP contribution in [0.2, 0.25) is 0 Å². The first kappa shape index (κ1) is 16.3. The number of nitrogens with zero attached hydrogens (tertiary/aromatic N) is 1. The Labute approximate surface area is 137 Å². The van der Waals surface area contributed by atoms with Crippen LogP contribution in [0.3, 0.4) is 0 Å². The zero-order valence-electron chi connectivity index (χ0n) is 13.3. The molecule has 8 nitrogen and oxygen atoms in total. The number of carbonyl (C=O) groups excluding carboxylic acids is 1. The number of aromatic amines is 1. The Hall–Kier alpha value is -2.61. The van der Waals surface area contributed by atoms with Gasteiger partial charge in [-0.1, -0.05) is 0 Å². The first-order valence-electron chi connectivity index (χ1n) is 7.71. The maximum absolute atomic E-state index is 12.4. The molecule has 1 aliphatic heterocycles. The molecule has 0 spiro atoms. The third kappa shape index (κ3) is 2.80. The lowest BCUT2D eigenvalue weighted by Gasteiger charge is -2.33. The molecule has 1 amide bonds. The van der Waals surface area contributed by atoms with Crippen molar-refractivity contribution in [3.63, 3.8) is 0 Å². The molecule has 8 heteroatoms. The van der Waals surface area contributed by atoms with Crippen LogP contribution in [0.5, 0.6) is 0 Å². The van der Waals surface area contributed by atoms with Gasteiger partial charge in [0.2, 0.25) is 0 Å². The second kappa shape index (κ2) is 6.12. The molecule has 1 fully saturated rings. The van der Waals surface area contributed by atoms with Gasteiger partial charge in [0.15, 0.2) is 0 Å². The molecule has 0 radical (unpaired) electrons. The Balaban J connectivity index is 1.78. The molecule has 0 atom stereocenters. The third-order valence-electron chi connectivity index (χ3n) is 4.66. The number of aryl methyl sites for hydroxylation is 1. The number of aromatic nitrogens is 2. The highest BCUT2D eigenvalue weighted by atomic mass is 16.5. The molecule has 3 rings (SSSR count). The van der Waals surface area contributed by atoms with Crippen molar-refractivity contribution in [1.29, 1.82) is 0 Å². The smallest absolute Gasteiger partial charge is 0.326 e. The van der Waals surface area contributed by atoms with Crippen molar-refractivity contribution in [3.8, 4) is 0 Å². The number of rotatable bonds is 4. The molecule has 0 unspecified atom stereocenters. The normalized spacial score (nSPS) is 16.9. The summed E-state index contributed by atoms with van der Waals surface area (Å²) < 4.78 is 6.64. The zero-order valence-corrected chi connectivity index (χ0v) is 13.3. The number of hydrogen-bond acceptors (Lipinski definition) is 4. The molecule has 3 N–H and O–H groups in total. The largest absolute Gasteiger partial charge is 0.481 e. The molecule has 1 saturated heterocycles. The van der Waals surface area contributed by atoms with Gasteiger partial charge in [-0.2, -0.15) is 0 Å². The lowest BCUT2D eigenvalue weighted by atomic mass is 9.80. The maximum atomic E-state index is 12.4. The van der Waals surface area contributed by atoms with Gasteiger partial charge in [-0.25, -0.2) is 4.79 Å². The lowest BCUT2D eigenvalue weighted by molar-refractivity contribution is -0.154. The third-order valence-corrected chi connectivity index (χ3v) is 4.66. The molecule has 0 aliphatic carbocycles. The Morgan fingerprint density at radius 3 is 2.75 bits per heavy atom. The van der Waals surface area contributed by atoms with Crippen molar-refractivity contribution in [1.82, 2.24) is 14.9 Å². The number of carboxylic acid groups (broad SMARTS) is 1. The van der Waals surface area contributed by atoms with E-state index in [0.29, 0.717) is 42.7 Å². The summed E-state index contributed by atoms with van der Waals surface area (Å²) in [4.78, 5) is 38.3. The number of H-pyrrole nitrogens is 1. The number of nitrogens with one attached hydrogen (secondary N) is 2. The van der Waals surface area contributed by atoms with Crippen molar-refractivity contribution in [2.75, 3.05) is 19.8 Å². The summed E-state index contributed by atoms with van der Waals surface area (Å²) in [6.07, 6.45) is 0.738. The van der Waals surface area contributed by atoms with Crippen LogP contribution in [0, 0.1) is 5.41 Å². The number of aliphatic carboxylic acids is 1. The quantitative estimate of drug-likeness (QED) is 0.753. The second-order valence-corrected chi connectivity index (χ2v) is 6.10. The molecule has 1 aromatic carbocycles. The maximum Gasteiger partial charge on any atom is 0.326 e. The average molecular weight is 333 g/mol. The number of carboxylic acids is 1. The lowest BCUT2D eigenvalue weighted by Crippen LogP contribution is -2.46. The van der Waals surface area contributed by atoms with E-state index in [9.17, 15) is 19.5 Å². The molecule has 0 saturated carbocycles. The van der Waals surface area contributed by atoms with Crippen LogP contribution in [0.25, 0.3) is 11.0 Å². The number of ether oxygens (including phenoxy) is 1. The van der Waals surface area contributed by atoms with Gasteiger partial charge < -0.3 is 20.1 Å². The number of carbonyl (C=O) groups is 2. The molecule has 24 heavy (non-hydrogen) atoms. The molecule has 0 bridgehead atoms. The van der Waals surface area contributed by atoms with Crippen LogP contribution < -0.4 is 11.0 Å². The Morgan fingerprint density at radius 2 is 2.08 bits per heavy atom. The van der Waals surface area contributed by atoms with Crippen LogP contribution in [0.1, 0.15) is 23.2 Å². The van der Waals surface area contributed by atoms with Gasteiger partial charge in [0.05, 0.1) is 16.4 Å². The van der Waals surface area contributed by atoms with Gasteiger partial charge in [0.25, 0.3) is 5.91 Å². The van der Waals surface area contributed by atoms with Crippen LogP contribution >= 0.6 is 0 Å². The van der Waals surface area contributed by atoms with Crippen molar-refractivity contribution in [2.45, 2.75) is 12.8 Å². The number of imidazole rings is 1. The molecule has 1 aromatic heterocycles. The van der Waals surface area contributed by atoms with E-state index in [1.807, 2.05) is 0 Å². The van der Waals surface area contributed by atoms with Gasteiger partial charge in [0.1, 0.15) is 0 Å². The van der Waals surface area contributed by atoms with E-state index in [1.165, 1.54) is 4.57 Å². The topological polar surface area (TPSA) is 113 Å². The van der Waals surface area contributed by atoms with Gasteiger partial charge in [0, 0.05) is 32.4 Å². The number of benzene rings is 1. The van der Waals surface area contributed by atoms with Gasteiger partial charge in [-0.05, 0) is 31.0 Å². The first-order chi connectivity index (χ1) is 11.4. The monoisotopic (exact) mass is 333 g/mol. The predicted octanol–water partition coefficient (Wildman–Crippen LogP) is 0.478. The van der Waals surface area contributed by atoms with Gasteiger partial charge in [-0.3, -0.25) is 14.2 Å². The van der Waals surface area contributed by atoms with E-state index in [-0.39, 0.29) is 18.1 Å². The standard InChI is InChI=1S/C16H19N3O5/c1-19-12-8-10(2-3-11(12)18-15(19)23)13(20)17-9-16(14(21)22)4-6-24-7-5-16/h2-3,8H,4-7,9H2,1H3,(H,17,20)(H,18,23)(H,21,22). The molecular weight excluding hydrogens is 314 g/mol. The SMILES string of the molecule is Cn1c(=O)[nH]c2ccc(C(=O)NCC3(C(=O)O)CCOCC3)cc21. The van der Waals surface area contributed by atoms with E-state index in [1.54, 1.807) is 25.2 Å². The molecule has 2 aromatic rings. The summed E-state index contributed by atoms with van der Waals surface area (Å²) in [5, 5.41) is 12.2. The number of amides is 1. The Bertz CT molecular complexity index is 845. The first-order valence-corrected chi connectivity index (χ1v) is 7.71. The molecule has 128 valence electrons. The minimum absolute atomic E-state index is 0.0502. The van der Waals surface area contributed by atoms with Gasteiger partial charge >= 0.3 is 11.7 Å². The van der Waals surface area contributed by atoms with E-state index >= 15 is 0 Å². The van der Waals surface area contributed by atoms with Crippen molar-refractivity contribution >= 4 is 22.9 Å². The van der Waals surface area contributed by atoms with Crippen LogP contribution in [0.15, 0.2) is 23.0 Å². The average Bonchev–Trinajstić information content (AvgIpc) is 2.87. The van der Waals surface area contributed by atoms with Crippen LogP contribution in [-0.4, -0.2) is 46.3 Å². The van der Waals surface area contributed by atoms with Crippen molar-refractivity contribution in [2.24, 2.45) is 12.5 Å². The van der Waals surface area contributed by atoms with E-state index in [2.05, 4.69) is 10.3 Å². The summed E-state index contributed by atoms with van der Waals surface area (Å²) in [5.74, 6) is -1.28. The number of fused-ring (bicyclic) bond motifs is 1.